The highest BCUT2D eigenvalue weighted by Crippen LogP contribution is 2.10. The molecule has 1 aromatic rings. The number of rotatable bonds is 5. The minimum Gasteiger partial charge on any atom is -1.00 e. The summed E-state index contributed by atoms with van der Waals surface area (Å²) in [5.41, 5.74) is 2.97. The molecular formula is C16H22ClNO. The van der Waals surface area contributed by atoms with Crippen LogP contribution in [0, 0.1) is 0 Å². The minimum atomic E-state index is 0. The van der Waals surface area contributed by atoms with Gasteiger partial charge in [-0.25, -0.2) is 4.79 Å². The Balaban J connectivity index is 0.00000324. The van der Waals surface area contributed by atoms with Gasteiger partial charge in [-0.1, -0.05) is 43.5 Å². The first kappa shape index (κ1) is 17.6. The molecule has 0 atom stereocenters. The number of halogens is 1. The Morgan fingerprint density at radius 2 is 1.79 bits per heavy atom. The smallest absolute Gasteiger partial charge is 0.340 e. The second-order valence-electron chi connectivity index (χ2n) is 5.19. The van der Waals surface area contributed by atoms with E-state index in [9.17, 15) is 4.79 Å². The molecule has 0 aliphatic carbocycles. The van der Waals surface area contributed by atoms with E-state index in [4.69, 9.17) is 0 Å². The van der Waals surface area contributed by atoms with Gasteiger partial charge in [-0.2, -0.15) is 0 Å². The molecule has 2 nitrogen and oxygen atoms in total. The number of benzene rings is 1. The molecule has 0 saturated carbocycles. The molecule has 1 rings (SSSR count). The molecule has 0 aliphatic heterocycles. The molecule has 0 fully saturated rings. The van der Waals surface area contributed by atoms with Crippen molar-refractivity contribution >= 4 is 12.0 Å². The molecular weight excluding hydrogens is 258 g/mol. The lowest BCUT2D eigenvalue weighted by Gasteiger charge is -2.26. The lowest BCUT2D eigenvalue weighted by atomic mass is 10.1. The van der Waals surface area contributed by atoms with E-state index in [1.807, 2.05) is 32.3 Å². The van der Waals surface area contributed by atoms with Gasteiger partial charge in [0.25, 0.3) is 0 Å². The first-order valence-electron chi connectivity index (χ1n) is 6.11. The number of carbonyl (C=O) groups excluding carboxylic acids is 1. The van der Waals surface area contributed by atoms with Gasteiger partial charge in [0, 0.05) is 12.0 Å². The number of carbonyl (C=O) groups is 1. The zero-order chi connectivity index (χ0) is 13.8. The fourth-order valence-corrected chi connectivity index (χ4v) is 1.85. The largest absolute Gasteiger partial charge is 1.00 e. The highest BCUT2D eigenvalue weighted by atomic mass is 35.5. The Kier molecular flexibility index (Phi) is 6.74. The van der Waals surface area contributed by atoms with Gasteiger partial charge in [-0.15, -0.1) is 0 Å². The first-order chi connectivity index (χ1) is 8.36. The van der Waals surface area contributed by atoms with Gasteiger partial charge in [0.05, 0.1) is 20.6 Å². The van der Waals surface area contributed by atoms with E-state index in [-0.39, 0.29) is 18.3 Å². The lowest BCUT2D eigenvalue weighted by molar-refractivity contribution is -0.811. The van der Waals surface area contributed by atoms with E-state index in [0.717, 1.165) is 18.5 Å². The molecule has 3 heteroatoms. The average molecular weight is 280 g/mol. The van der Waals surface area contributed by atoms with E-state index in [2.05, 4.69) is 25.3 Å². The zero-order valence-electron chi connectivity index (χ0n) is 11.9. The molecule has 1 amide bonds. The van der Waals surface area contributed by atoms with Crippen molar-refractivity contribution in [2.45, 2.75) is 13.3 Å². The second kappa shape index (κ2) is 7.27. The van der Waals surface area contributed by atoms with E-state index in [0.29, 0.717) is 10.1 Å². The minimum absolute atomic E-state index is 0. The topological polar surface area (TPSA) is 17.1 Å². The molecule has 0 bridgehead atoms. The van der Waals surface area contributed by atoms with Crippen LogP contribution in [0.15, 0.2) is 43.0 Å². The van der Waals surface area contributed by atoms with Gasteiger partial charge >= 0.3 is 5.91 Å². The third-order valence-corrected chi connectivity index (χ3v) is 3.09. The van der Waals surface area contributed by atoms with Gasteiger partial charge in [0.15, 0.2) is 0 Å². The lowest BCUT2D eigenvalue weighted by Crippen LogP contribution is -3.00. The molecule has 1 aromatic carbocycles. The summed E-state index contributed by atoms with van der Waals surface area (Å²) >= 11 is 0. The van der Waals surface area contributed by atoms with E-state index in [1.165, 1.54) is 5.56 Å². The number of hydrogen-bond acceptors (Lipinski definition) is 1. The molecule has 0 radical (unpaired) electrons. The van der Waals surface area contributed by atoms with Crippen LogP contribution in [0.25, 0.3) is 6.08 Å². The second-order valence-corrected chi connectivity index (χ2v) is 5.19. The van der Waals surface area contributed by atoms with E-state index >= 15 is 0 Å². The first-order valence-corrected chi connectivity index (χ1v) is 6.11. The van der Waals surface area contributed by atoms with Crippen molar-refractivity contribution in [1.82, 2.24) is 0 Å². The molecule has 0 aromatic heterocycles. The number of quaternary nitrogens is 1. The predicted octanol–water partition coefficient (Wildman–Crippen LogP) is 0.0552. The predicted molar refractivity (Wildman–Crippen MR) is 77.0 cm³/mol. The standard InChI is InChI=1S/C16H22NO.ClH/c1-6-14-7-9-15(10-8-14)11-12-17(4,5)16(18)13(2)3;/h6-10H,1-2,11-12H2,3-5H3;1H/q+1;/p-1. The fourth-order valence-electron chi connectivity index (χ4n) is 1.85. The maximum atomic E-state index is 11.9. The van der Waals surface area contributed by atoms with Crippen molar-refractivity contribution in [2.24, 2.45) is 0 Å². The Morgan fingerprint density at radius 3 is 2.21 bits per heavy atom. The van der Waals surface area contributed by atoms with Crippen LogP contribution in [-0.4, -0.2) is 31.0 Å². The van der Waals surface area contributed by atoms with Crippen LogP contribution in [-0.2, 0) is 11.2 Å². The molecule has 0 N–H and O–H groups in total. The number of amides is 1. The van der Waals surface area contributed by atoms with Crippen molar-refractivity contribution in [2.75, 3.05) is 20.6 Å². The summed E-state index contributed by atoms with van der Waals surface area (Å²) in [6.45, 7) is 10.00. The molecule has 104 valence electrons. The Bertz CT molecular complexity index is 460. The highest BCUT2D eigenvalue weighted by Gasteiger charge is 2.26. The normalized spacial score (nSPS) is 10.5. The summed E-state index contributed by atoms with van der Waals surface area (Å²) in [5.74, 6) is 0.0951. The van der Waals surface area contributed by atoms with Crippen LogP contribution in [0.5, 0.6) is 0 Å². The summed E-state index contributed by atoms with van der Waals surface area (Å²) in [7, 11) is 3.85. The Labute approximate surface area is 122 Å². The van der Waals surface area contributed by atoms with Crippen LogP contribution < -0.4 is 12.4 Å². The van der Waals surface area contributed by atoms with Gasteiger partial charge in [-0.3, -0.25) is 4.48 Å². The summed E-state index contributed by atoms with van der Waals surface area (Å²) in [4.78, 5) is 11.9. The molecule has 0 aliphatic rings. The molecule has 0 unspecified atom stereocenters. The van der Waals surface area contributed by atoms with E-state index < -0.39 is 0 Å². The maximum Gasteiger partial charge on any atom is 0.340 e. The molecule has 19 heavy (non-hydrogen) atoms. The molecule has 0 spiro atoms. The van der Waals surface area contributed by atoms with Crippen molar-refractivity contribution in [3.63, 3.8) is 0 Å². The van der Waals surface area contributed by atoms with Gasteiger partial charge < -0.3 is 12.4 Å². The fraction of sp³-hybridized carbons (Fsp3) is 0.312. The van der Waals surface area contributed by atoms with Crippen LogP contribution in [0.2, 0.25) is 0 Å². The third kappa shape index (κ3) is 5.01. The summed E-state index contributed by atoms with van der Waals surface area (Å²) < 4.78 is 0.346. The Morgan fingerprint density at radius 1 is 1.26 bits per heavy atom. The van der Waals surface area contributed by atoms with E-state index in [1.54, 1.807) is 6.92 Å². The quantitative estimate of drug-likeness (QED) is 0.550. The van der Waals surface area contributed by atoms with Crippen LogP contribution in [0.1, 0.15) is 18.1 Å². The number of likely N-dealkylation sites (N-methyl/N-ethyl adjacent to an activating group) is 1. The van der Waals surface area contributed by atoms with Gasteiger partial charge in [0.2, 0.25) is 0 Å². The van der Waals surface area contributed by atoms with Crippen LogP contribution in [0.4, 0.5) is 0 Å². The summed E-state index contributed by atoms with van der Waals surface area (Å²) in [5, 5.41) is 0. The number of hydrogen-bond donors (Lipinski definition) is 0. The average Bonchev–Trinajstić information content (AvgIpc) is 2.36. The zero-order valence-corrected chi connectivity index (χ0v) is 12.7. The van der Waals surface area contributed by atoms with Crippen LogP contribution >= 0.6 is 0 Å². The maximum absolute atomic E-state index is 11.9. The third-order valence-electron chi connectivity index (χ3n) is 3.09. The molecule has 0 heterocycles. The van der Waals surface area contributed by atoms with Crippen LogP contribution in [0.3, 0.4) is 0 Å². The number of nitrogens with zero attached hydrogens (tertiary/aromatic N) is 1. The van der Waals surface area contributed by atoms with Crippen molar-refractivity contribution in [3.05, 3.63) is 54.1 Å². The Hall–Kier alpha value is -1.38. The van der Waals surface area contributed by atoms with Gasteiger partial charge in [0.1, 0.15) is 0 Å². The van der Waals surface area contributed by atoms with Gasteiger partial charge in [-0.05, 0) is 18.1 Å². The monoisotopic (exact) mass is 279 g/mol. The van der Waals surface area contributed by atoms with Crippen molar-refractivity contribution < 1.29 is 21.7 Å². The highest BCUT2D eigenvalue weighted by molar-refractivity contribution is 5.86. The SMILES string of the molecule is C=Cc1ccc(CC[N+](C)(C)C(=O)C(=C)C)cc1.[Cl-]. The summed E-state index contributed by atoms with van der Waals surface area (Å²) in [6, 6.07) is 8.26. The molecule has 0 saturated heterocycles. The van der Waals surface area contributed by atoms with Crippen molar-refractivity contribution in [1.29, 1.82) is 0 Å². The van der Waals surface area contributed by atoms with Crippen molar-refractivity contribution in [3.8, 4) is 0 Å². The summed E-state index contributed by atoms with van der Waals surface area (Å²) in [6.07, 6.45) is 2.71.